The highest BCUT2D eigenvalue weighted by atomic mass is 35.5. The van der Waals surface area contributed by atoms with Crippen LogP contribution in [0.4, 0.5) is 6.01 Å². The van der Waals surface area contributed by atoms with E-state index >= 15 is 0 Å². The molecule has 0 bridgehead atoms. The van der Waals surface area contributed by atoms with Crippen molar-refractivity contribution in [1.29, 1.82) is 0 Å². The van der Waals surface area contributed by atoms with E-state index in [4.69, 9.17) is 16.0 Å². The topological polar surface area (TPSA) is 105 Å². The number of carbonyl (C=O) groups excluding carboxylic acids is 1. The largest absolute Gasteiger partial charge is 0.403 e. The molecule has 4 rings (SSSR count). The predicted molar refractivity (Wildman–Crippen MR) is 107 cm³/mol. The molecule has 10 heteroatoms. The molecule has 1 aliphatic heterocycles. The molecule has 0 radical (unpaired) electrons. The number of rotatable bonds is 5. The van der Waals surface area contributed by atoms with Crippen LogP contribution in [0.5, 0.6) is 0 Å². The molecule has 1 aliphatic rings. The van der Waals surface area contributed by atoms with Gasteiger partial charge in [-0.3, -0.25) is 10.1 Å². The fourth-order valence-corrected chi connectivity index (χ4v) is 4.72. The molecule has 0 aliphatic carbocycles. The second-order valence-corrected chi connectivity index (χ2v) is 8.89. The number of hydrogen-bond donors (Lipinski definition) is 1. The molecule has 2 heterocycles. The summed E-state index contributed by atoms with van der Waals surface area (Å²) < 4.78 is 32.3. The quantitative estimate of drug-likeness (QED) is 0.662. The van der Waals surface area contributed by atoms with E-state index < -0.39 is 15.9 Å². The van der Waals surface area contributed by atoms with Crippen molar-refractivity contribution >= 4 is 33.5 Å². The van der Waals surface area contributed by atoms with Gasteiger partial charge < -0.3 is 4.42 Å². The summed E-state index contributed by atoms with van der Waals surface area (Å²) in [6, 6.07) is 12.6. The van der Waals surface area contributed by atoms with E-state index in [2.05, 4.69) is 15.5 Å². The molecule has 8 nitrogen and oxygen atoms in total. The van der Waals surface area contributed by atoms with E-state index in [1.165, 1.54) is 28.6 Å². The van der Waals surface area contributed by atoms with Crippen LogP contribution in [0.2, 0.25) is 5.02 Å². The van der Waals surface area contributed by atoms with Crippen LogP contribution in [0.3, 0.4) is 0 Å². The Kier molecular flexibility index (Phi) is 5.35. The Balaban J connectivity index is 1.51. The van der Waals surface area contributed by atoms with Gasteiger partial charge in [0.15, 0.2) is 0 Å². The number of aromatic nitrogens is 2. The molecule has 29 heavy (non-hydrogen) atoms. The lowest BCUT2D eigenvalue weighted by Gasteiger charge is -2.15. The monoisotopic (exact) mass is 432 g/mol. The maximum atomic E-state index is 12.7. The predicted octanol–water partition coefficient (Wildman–Crippen LogP) is 3.43. The Hall–Kier alpha value is -2.75. The number of halogens is 1. The second kappa shape index (κ2) is 7.94. The third-order valence-electron chi connectivity index (χ3n) is 4.54. The molecule has 0 unspecified atom stereocenters. The van der Waals surface area contributed by atoms with E-state index in [9.17, 15) is 13.2 Å². The maximum absolute atomic E-state index is 12.7. The van der Waals surface area contributed by atoms with Gasteiger partial charge in [0.25, 0.3) is 5.91 Å². The molecule has 150 valence electrons. The number of sulfonamides is 1. The van der Waals surface area contributed by atoms with Gasteiger partial charge in [0.05, 0.1) is 4.90 Å². The molecular weight excluding hydrogens is 416 g/mol. The zero-order valence-corrected chi connectivity index (χ0v) is 16.8. The first kappa shape index (κ1) is 19.6. The van der Waals surface area contributed by atoms with Crippen molar-refractivity contribution in [3.05, 3.63) is 59.1 Å². The molecule has 1 N–H and O–H groups in total. The van der Waals surface area contributed by atoms with E-state index in [-0.39, 0.29) is 22.4 Å². The lowest BCUT2D eigenvalue weighted by Crippen LogP contribution is -2.28. The fourth-order valence-electron chi connectivity index (χ4n) is 3.03. The van der Waals surface area contributed by atoms with Crippen molar-refractivity contribution in [2.75, 3.05) is 18.4 Å². The zero-order chi connectivity index (χ0) is 20.4. The van der Waals surface area contributed by atoms with Crippen LogP contribution in [0, 0.1) is 0 Å². The van der Waals surface area contributed by atoms with Crippen LogP contribution in [-0.4, -0.2) is 41.9 Å². The van der Waals surface area contributed by atoms with Crippen molar-refractivity contribution in [3.63, 3.8) is 0 Å². The molecule has 2 aromatic carbocycles. The molecule has 1 fully saturated rings. The normalized spacial score (nSPS) is 14.8. The Morgan fingerprint density at radius 1 is 1.07 bits per heavy atom. The molecular formula is C19H17ClN4O4S. The summed E-state index contributed by atoms with van der Waals surface area (Å²) in [5.41, 5.74) is 0.831. The average molecular weight is 433 g/mol. The number of nitrogens with one attached hydrogen (secondary N) is 1. The van der Waals surface area contributed by atoms with Gasteiger partial charge in [-0.1, -0.05) is 22.8 Å². The summed E-state index contributed by atoms with van der Waals surface area (Å²) in [6.45, 7) is 0.989. The van der Waals surface area contributed by atoms with Gasteiger partial charge in [-0.25, -0.2) is 8.42 Å². The molecule has 0 spiro atoms. The van der Waals surface area contributed by atoms with E-state index in [0.717, 1.165) is 12.8 Å². The summed E-state index contributed by atoms with van der Waals surface area (Å²) in [5.74, 6) is -0.322. The summed E-state index contributed by atoms with van der Waals surface area (Å²) in [5, 5.41) is 10.8. The SMILES string of the molecule is O=C(Nc1nnc(-c2ccc(Cl)cc2)o1)c1cccc(S(=O)(=O)N2CCCC2)c1. The smallest absolute Gasteiger partial charge is 0.322 e. The van der Waals surface area contributed by atoms with Crippen LogP contribution in [0.15, 0.2) is 57.8 Å². The van der Waals surface area contributed by atoms with Gasteiger partial charge in [-0.2, -0.15) is 4.31 Å². The Bertz CT molecular complexity index is 1140. The number of nitrogens with zero attached hydrogens (tertiary/aromatic N) is 3. The summed E-state index contributed by atoms with van der Waals surface area (Å²) >= 11 is 5.86. The molecule has 3 aromatic rings. The molecule has 0 atom stereocenters. The first-order valence-electron chi connectivity index (χ1n) is 8.94. The summed E-state index contributed by atoms with van der Waals surface area (Å²) in [6.07, 6.45) is 1.68. The van der Waals surface area contributed by atoms with Crippen molar-refractivity contribution in [1.82, 2.24) is 14.5 Å². The Morgan fingerprint density at radius 3 is 2.52 bits per heavy atom. The lowest BCUT2D eigenvalue weighted by atomic mass is 10.2. The molecule has 0 saturated carbocycles. The van der Waals surface area contributed by atoms with Gasteiger partial charge in [0, 0.05) is 29.2 Å². The number of amides is 1. The third kappa shape index (κ3) is 4.16. The molecule has 1 saturated heterocycles. The lowest BCUT2D eigenvalue weighted by molar-refractivity contribution is 0.102. The van der Waals surface area contributed by atoms with E-state index in [1.54, 1.807) is 24.3 Å². The zero-order valence-electron chi connectivity index (χ0n) is 15.2. The van der Waals surface area contributed by atoms with Crippen molar-refractivity contribution < 1.29 is 17.6 Å². The van der Waals surface area contributed by atoms with Crippen LogP contribution in [-0.2, 0) is 10.0 Å². The number of benzene rings is 2. The van der Waals surface area contributed by atoms with Gasteiger partial charge in [-0.15, -0.1) is 5.10 Å². The fraction of sp³-hybridized carbons (Fsp3) is 0.211. The van der Waals surface area contributed by atoms with Crippen LogP contribution >= 0.6 is 11.6 Å². The highest BCUT2D eigenvalue weighted by molar-refractivity contribution is 7.89. The standard InChI is InChI=1S/C19H17ClN4O4S/c20-15-8-6-13(7-9-15)18-22-23-19(28-18)21-17(25)14-4-3-5-16(12-14)29(26,27)24-10-1-2-11-24/h3-9,12H,1-2,10-11H2,(H,21,23,25). The third-order valence-corrected chi connectivity index (χ3v) is 6.68. The van der Waals surface area contributed by atoms with Gasteiger partial charge in [0.2, 0.25) is 15.9 Å². The minimum absolute atomic E-state index is 0.0828. The van der Waals surface area contributed by atoms with Crippen molar-refractivity contribution in [2.45, 2.75) is 17.7 Å². The number of hydrogen-bond acceptors (Lipinski definition) is 6. The van der Waals surface area contributed by atoms with Crippen LogP contribution in [0.1, 0.15) is 23.2 Å². The first-order valence-corrected chi connectivity index (χ1v) is 10.8. The highest BCUT2D eigenvalue weighted by Gasteiger charge is 2.27. The van der Waals surface area contributed by atoms with Gasteiger partial charge >= 0.3 is 6.01 Å². The molecule has 1 aromatic heterocycles. The minimum Gasteiger partial charge on any atom is -0.403 e. The minimum atomic E-state index is -3.61. The Labute approximate surface area is 172 Å². The van der Waals surface area contributed by atoms with Crippen LogP contribution < -0.4 is 5.32 Å². The van der Waals surface area contributed by atoms with Crippen LogP contribution in [0.25, 0.3) is 11.5 Å². The highest BCUT2D eigenvalue weighted by Crippen LogP contribution is 2.23. The number of carbonyl (C=O) groups is 1. The maximum Gasteiger partial charge on any atom is 0.322 e. The van der Waals surface area contributed by atoms with E-state index in [0.29, 0.717) is 23.7 Å². The summed E-state index contributed by atoms with van der Waals surface area (Å²) in [7, 11) is -3.61. The van der Waals surface area contributed by atoms with Crippen molar-refractivity contribution in [3.8, 4) is 11.5 Å². The van der Waals surface area contributed by atoms with Gasteiger partial charge in [-0.05, 0) is 55.3 Å². The average Bonchev–Trinajstić information content (AvgIpc) is 3.41. The van der Waals surface area contributed by atoms with Gasteiger partial charge in [0.1, 0.15) is 0 Å². The van der Waals surface area contributed by atoms with E-state index in [1.807, 2.05) is 0 Å². The Morgan fingerprint density at radius 2 is 1.79 bits per heavy atom. The molecule has 1 amide bonds. The summed E-state index contributed by atoms with van der Waals surface area (Å²) in [4.78, 5) is 12.6. The number of anilines is 1. The first-order chi connectivity index (χ1) is 13.9. The second-order valence-electron chi connectivity index (χ2n) is 6.51. The van der Waals surface area contributed by atoms with Crippen molar-refractivity contribution in [2.24, 2.45) is 0 Å².